The molecule has 0 radical (unpaired) electrons. The van der Waals surface area contributed by atoms with Gasteiger partial charge in [0.1, 0.15) is 0 Å². The van der Waals surface area contributed by atoms with Gasteiger partial charge in [-0.3, -0.25) is 0 Å². The number of fused-ring (bicyclic) bond motifs is 10. The van der Waals surface area contributed by atoms with Gasteiger partial charge >= 0.3 is 0 Å². The molecule has 0 saturated heterocycles. The zero-order chi connectivity index (χ0) is 39.6. The van der Waals surface area contributed by atoms with E-state index in [0.717, 1.165) is 0 Å². The van der Waals surface area contributed by atoms with Gasteiger partial charge in [0.25, 0.3) is 0 Å². The summed E-state index contributed by atoms with van der Waals surface area (Å²) in [7, 11) is 0. The Morgan fingerprint density at radius 1 is 0.217 bits per heavy atom. The van der Waals surface area contributed by atoms with E-state index in [2.05, 4.69) is 208 Å². The van der Waals surface area contributed by atoms with E-state index < -0.39 is 0 Å². The summed E-state index contributed by atoms with van der Waals surface area (Å²) in [4.78, 5) is 0. The topological polar surface area (TPSA) is 0 Å². The lowest BCUT2D eigenvalue weighted by atomic mass is 9.86. The van der Waals surface area contributed by atoms with E-state index in [-0.39, 0.29) is 0 Å². The van der Waals surface area contributed by atoms with E-state index in [1.807, 2.05) is 0 Å². The Bertz CT molecular complexity index is 3870. The van der Waals surface area contributed by atoms with Crippen LogP contribution in [0.15, 0.2) is 194 Å². The van der Waals surface area contributed by atoms with Crippen LogP contribution in [0.3, 0.4) is 0 Å². The van der Waals surface area contributed by atoms with Crippen molar-refractivity contribution in [2.45, 2.75) is 13.8 Å². The van der Waals surface area contributed by atoms with Crippen LogP contribution in [-0.2, 0) is 0 Å². The van der Waals surface area contributed by atoms with Crippen molar-refractivity contribution in [2.24, 2.45) is 0 Å². The van der Waals surface area contributed by atoms with Gasteiger partial charge in [0.05, 0.1) is 0 Å². The Hall–Kier alpha value is -7.54. The first-order valence-corrected chi connectivity index (χ1v) is 21.1. The highest BCUT2D eigenvalue weighted by Crippen LogP contribution is 2.55. The summed E-state index contributed by atoms with van der Waals surface area (Å²) in [5.41, 5.74) is 12.8. The lowest BCUT2D eigenvalue weighted by Crippen LogP contribution is -1.89. The van der Waals surface area contributed by atoms with Crippen molar-refractivity contribution in [3.63, 3.8) is 0 Å². The maximum atomic E-state index is 2.55. The lowest BCUT2D eigenvalue weighted by molar-refractivity contribution is 1.46. The van der Waals surface area contributed by atoms with Crippen LogP contribution in [0.2, 0.25) is 0 Å². The normalized spacial score (nSPS) is 12.2. The summed E-state index contributed by atoms with van der Waals surface area (Å²) in [5, 5.41) is 21.1. The maximum absolute atomic E-state index is 2.55. The van der Waals surface area contributed by atoms with Gasteiger partial charge in [-0.15, -0.1) is 0 Å². The lowest BCUT2D eigenvalue weighted by Gasteiger charge is -2.16. The van der Waals surface area contributed by atoms with Gasteiger partial charge in [-0.25, -0.2) is 0 Å². The number of benzene rings is 11. The highest BCUT2D eigenvalue weighted by Gasteiger charge is 2.26. The number of rotatable bonds is 4. The summed E-state index contributed by atoms with van der Waals surface area (Å²) >= 11 is 0. The van der Waals surface area contributed by atoms with Gasteiger partial charge in [-0.1, -0.05) is 182 Å². The van der Waals surface area contributed by atoms with Crippen LogP contribution >= 0.6 is 0 Å². The molecule has 0 saturated carbocycles. The van der Waals surface area contributed by atoms with E-state index in [1.54, 1.807) is 0 Å². The molecule has 278 valence electrons. The molecule has 0 N–H and O–H groups in total. The van der Waals surface area contributed by atoms with E-state index >= 15 is 0 Å². The van der Waals surface area contributed by atoms with Gasteiger partial charge in [-0.05, 0) is 168 Å². The zero-order valence-electron chi connectivity index (χ0n) is 33.5. The van der Waals surface area contributed by atoms with Crippen molar-refractivity contribution in [1.82, 2.24) is 0 Å². The second kappa shape index (κ2) is 12.5. The quantitative estimate of drug-likeness (QED) is 0.157. The molecule has 13 aromatic carbocycles. The van der Waals surface area contributed by atoms with E-state index in [9.17, 15) is 0 Å². The third kappa shape index (κ3) is 4.45. The Morgan fingerprint density at radius 3 is 1.08 bits per heavy atom. The molecular formula is C60H38. The zero-order valence-corrected chi connectivity index (χ0v) is 33.5. The Labute approximate surface area is 348 Å². The summed E-state index contributed by atoms with van der Waals surface area (Å²) in [6, 6.07) is 72.9. The Balaban J connectivity index is 1.27. The van der Waals surface area contributed by atoms with Crippen LogP contribution in [0.5, 0.6) is 0 Å². The average Bonchev–Trinajstić information content (AvgIpc) is 3.81. The van der Waals surface area contributed by atoms with Crippen LogP contribution in [0.25, 0.3) is 131 Å². The molecule has 0 fully saturated rings. The second-order valence-corrected chi connectivity index (χ2v) is 16.7. The Morgan fingerprint density at radius 2 is 0.583 bits per heavy atom. The van der Waals surface area contributed by atoms with Crippen LogP contribution in [0, 0.1) is 13.8 Å². The van der Waals surface area contributed by atoms with Crippen molar-refractivity contribution >= 4 is 86.2 Å². The maximum Gasteiger partial charge on any atom is -0.000719 e. The molecule has 0 aromatic heterocycles. The first kappa shape index (κ1) is 33.4. The molecule has 0 bridgehead atoms. The minimum absolute atomic E-state index is 1.24. The molecule has 0 atom stereocenters. The average molecular weight is 759 g/mol. The fraction of sp³-hybridized carbons (Fsp3) is 0.0333. The van der Waals surface area contributed by atoms with Crippen molar-refractivity contribution in [2.75, 3.05) is 0 Å². The van der Waals surface area contributed by atoms with Gasteiger partial charge in [0.15, 0.2) is 0 Å². The molecule has 0 unspecified atom stereocenters. The van der Waals surface area contributed by atoms with Crippen LogP contribution in [0.1, 0.15) is 11.1 Å². The van der Waals surface area contributed by atoms with Gasteiger partial charge < -0.3 is 0 Å². The predicted molar refractivity (Wildman–Crippen MR) is 260 cm³/mol. The van der Waals surface area contributed by atoms with Crippen molar-refractivity contribution in [3.05, 3.63) is 205 Å². The molecule has 0 amide bonds. The standard InChI is InChI=1S/C60H38/c1-35-17-9-11-23-39(35)45-31-32-46(40-24-12-10-18-36(40)2)58-51-33-49-44-28-16-30-48-56(44)52(34-50(49)43-27-15-29-47(55(43)51)57(45)58)60-54(38-21-7-4-8-22-38)42-26-14-13-25-41(42)53(59(48)60)37-19-5-3-6-20-37/h3-34H,1-2H3. The van der Waals surface area contributed by atoms with E-state index in [1.165, 1.54) is 142 Å². The van der Waals surface area contributed by atoms with E-state index in [4.69, 9.17) is 0 Å². The fourth-order valence-electron chi connectivity index (χ4n) is 11.1. The van der Waals surface area contributed by atoms with E-state index in [0.29, 0.717) is 0 Å². The third-order valence-electron chi connectivity index (χ3n) is 13.6. The largest absolute Gasteiger partial charge is 0.0622 e. The first-order valence-electron chi connectivity index (χ1n) is 21.1. The molecule has 0 heterocycles. The second-order valence-electron chi connectivity index (χ2n) is 16.7. The summed E-state index contributed by atoms with van der Waals surface area (Å²) < 4.78 is 0. The molecule has 0 aliphatic heterocycles. The van der Waals surface area contributed by atoms with Crippen molar-refractivity contribution in [1.29, 1.82) is 0 Å². The smallest absolute Gasteiger partial charge is 0.000719 e. The molecule has 0 nitrogen and oxygen atoms in total. The van der Waals surface area contributed by atoms with Gasteiger partial charge in [0, 0.05) is 0 Å². The highest BCUT2D eigenvalue weighted by molar-refractivity contribution is 6.45. The van der Waals surface area contributed by atoms with Crippen molar-refractivity contribution < 1.29 is 0 Å². The van der Waals surface area contributed by atoms with Gasteiger partial charge in [0.2, 0.25) is 0 Å². The summed E-state index contributed by atoms with van der Waals surface area (Å²) in [5.74, 6) is 0. The molecule has 0 aliphatic rings. The minimum Gasteiger partial charge on any atom is -0.0622 e. The minimum atomic E-state index is 1.24. The first-order chi connectivity index (χ1) is 29.7. The summed E-state index contributed by atoms with van der Waals surface area (Å²) in [6.07, 6.45) is 0. The summed E-state index contributed by atoms with van der Waals surface area (Å²) in [6.45, 7) is 4.49. The third-order valence-corrected chi connectivity index (χ3v) is 13.6. The molecule has 0 spiro atoms. The predicted octanol–water partition coefficient (Wildman–Crippen LogP) is 17.1. The number of hydrogen-bond acceptors (Lipinski definition) is 0. The SMILES string of the molecule is Cc1ccccc1-c1ccc(-c2ccccc2C)c2c3cc4c(cc5c6c(-c7ccccc7)c7ccccc7c(-c7ccccc7)c6c6cccc4c65)c4cccc(c12)c43. The van der Waals surface area contributed by atoms with Crippen LogP contribution < -0.4 is 0 Å². The molecule has 0 heteroatoms. The Kier molecular flexibility index (Phi) is 6.95. The molecule has 0 aliphatic carbocycles. The number of hydrogen-bond donors (Lipinski definition) is 0. The van der Waals surface area contributed by atoms with Gasteiger partial charge in [-0.2, -0.15) is 0 Å². The molecule has 60 heavy (non-hydrogen) atoms. The molecule has 13 aromatic rings. The molecule has 13 rings (SSSR count). The van der Waals surface area contributed by atoms with Crippen molar-refractivity contribution in [3.8, 4) is 44.5 Å². The number of aryl methyl sites for hydroxylation is 2. The van der Waals surface area contributed by atoms with Crippen LogP contribution in [-0.4, -0.2) is 0 Å². The van der Waals surface area contributed by atoms with Crippen LogP contribution in [0.4, 0.5) is 0 Å². The highest BCUT2D eigenvalue weighted by atomic mass is 14.3. The monoisotopic (exact) mass is 758 g/mol. The molecular weight excluding hydrogens is 721 g/mol. The fourth-order valence-corrected chi connectivity index (χ4v) is 11.1.